The first-order chi connectivity index (χ1) is 9.16. The van der Waals surface area contributed by atoms with Gasteiger partial charge in [0.25, 0.3) is 5.56 Å². The third kappa shape index (κ3) is 2.10. The van der Waals surface area contributed by atoms with Crippen LogP contribution >= 0.6 is 22.6 Å². The van der Waals surface area contributed by atoms with Gasteiger partial charge in [-0.3, -0.25) is 4.79 Å². The van der Waals surface area contributed by atoms with Gasteiger partial charge in [0.1, 0.15) is 0 Å². The zero-order chi connectivity index (χ0) is 13.4. The van der Waals surface area contributed by atoms with Gasteiger partial charge in [0, 0.05) is 3.57 Å². The summed E-state index contributed by atoms with van der Waals surface area (Å²) < 4.78 is 2.42. The monoisotopic (exact) mass is 363 g/mol. The number of hydrogen-bond acceptors (Lipinski definition) is 3. The van der Waals surface area contributed by atoms with Crippen LogP contribution in [0, 0.1) is 3.57 Å². The number of benzene rings is 2. The molecule has 0 radical (unpaired) electrons. The summed E-state index contributed by atoms with van der Waals surface area (Å²) in [5, 5.41) is 0.574. The molecule has 0 aliphatic carbocycles. The molecule has 0 spiro atoms. The van der Waals surface area contributed by atoms with E-state index in [0.717, 1.165) is 9.26 Å². The van der Waals surface area contributed by atoms with E-state index in [0.29, 0.717) is 10.9 Å². The Kier molecular flexibility index (Phi) is 2.98. The summed E-state index contributed by atoms with van der Waals surface area (Å²) in [6, 6.07) is 14.8. The van der Waals surface area contributed by atoms with Crippen molar-refractivity contribution in [3.63, 3.8) is 0 Å². The summed E-state index contributed by atoms with van der Waals surface area (Å²) in [7, 11) is 0. The van der Waals surface area contributed by atoms with Crippen molar-refractivity contribution in [3.8, 4) is 5.69 Å². The smallest absolute Gasteiger partial charge is 0.267 e. The summed E-state index contributed by atoms with van der Waals surface area (Å²) in [6.45, 7) is 0. The normalized spacial score (nSPS) is 10.8. The van der Waals surface area contributed by atoms with Crippen molar-refractivity contribution < 1.29 is 0 Å². The topological polar surface area (TPSA) is 60.9 Å². The highest BCUT2D eigenvalue weighted by Gasteiger charge is 2.10. The molecule has 0 aliphatic heterocycles. The van der Waals surface area contributed by atoms with Crippen molar-refractivity contribution in [2.24, 2.45) is 0 Å². The van der Waals surface area contributed by atoms with E-state index >= 15 is 0 Å². The molecule has 5 heteroatoms. The van der Waals surface area contributed by atoms with Gasteiger partial charge in [0.05, 0.1) is 16.6 Å². The molecule has 2 N–H and O–H groups in total. The SMILES string of the molecule is Nc1nc2ccc(I)cc2c(=O)n1-c1ccccc1. The van der Waals surface area contributed by atoms with Gasteiger partial charge < -0.3 is 5.73 Å². The van der Waals surface area contributed by atoms with Crippen LogP contribution in [-0.4, -0.2) is 9.55 Å². The zero-order valence-electron chi connectivity index (χ0n) is 9.88. The van der Waals surface area contributed by atoms with E-state index in [1.807, 2.05) is 48.5 Å². The molecule has 0 saturated carbocycles. The van der Waals surface area contributed by atoms with Crippen LogP contribution < -0.4 is 11.3 Å². The Labute approximate surface area is 123 Å². The summed E-state index contributed by atoms with van der Waals surface area (Å²) in [4.78, 5) is 16.8. The molecule has 1 aromatic heterocycles. The average Bonchev–Trinajstić information content (AvgIpc) is 2.41. The van der Waals surface area contributed by atoms with Crippen LogP contribution in [0.15, 0.2) is 53.3 Å². The standard InChI is InChI=1S/C14H10IN3O/c15-9-6-7-12-11(8-9)13(19)18(14(16)17-12)10-4-2-1-3-5-10/h1-8H,(H2,16,17). The van der Waals surface area contributed by atoms with Gasteiger partial charge in [0.15, 0.2) is 0 Å². The number of nitrogens with zero attached hydrogens (tertiary/aromatic N) is 2. The molecular weight excluding hydrogens is 353 g/mol. The minimum absolute atomic E-state index is 0.146. The second-order valence-corrected chi connectivity index (χ2v) is 5.35. The van der Waals surface area contributed by atoms with Gasteiger partial charge >= 0.3 is 0 Å². The van der Waals surface area contributed by atoms with Crippen LogP contribution in [0.2, 0.25) is 0 Å². The number of nitrogens with two attached hydrogens (primary N) is 1. The lowest BCUT2D eigenvalue weighted by molar-refractivity contribution is 0.982. The van der Waals surface area contributed by atoms with E-state index in [2.05, 4.69) is 27.6 Å². The van der Waals surface area contributed by atoms with E-state index < -0.39 is 0 Å². The Hall–Kier alpha value is -1.89. The van der Waals surface area contributed by atoms with Crippen LogP contribution in [0.5, 0.6) is 0 Å². The van der Waals surface area contributed by atoms with Crippen molar-refractivity contribution in [2.75, 3.05) is 5.73 Å². The fraction of sp³-hybridized carbons (Fsp3) is 0. The fourth-order valence-corrected chi connectivity index (χ4v) is 2.49. The number of nitrogen functional groups attached to an aromatic ring is 1. The first kappa shape index (κ1) is 12.2. The highest BCUT2D eigenvalue weighted by atomic mass is 127. The summed E-state index contributed by atoms with van der Waals surface area (Å²) >= 11 is 2.17. The van der Waals surface area contributed by atoms with Crippen molar-refractivity contribution in [1.29, 1.82) is 0 Å². The molecule has 0 amide bonds. The van der Waals surface area contributed by atoms with Crippen LogP contribution in [0.4, 0.5) is 5.95 Å². The Balaban J connectivity index is 2.41. The van der Waals surface area contributed by atoms with Gasteiger partial charge in [0.2, 0.25) is 5.95 Å². The highest BCUT2D eigenvalue weighted by molar-refractivity contribution is 14.1. The molecule has 19 heavy (non-hydrogen) atoms. The first-order valence-electron chi connectivity index (χ1n) is 5.70. The summed E-state index contributed by atoms with van der Waals surface area (Å²) in [5.41, 5.74) is 7.10. The fourth-order valence-electron chi connectivity index (χ4n) is 2.00. The molecule has 94 valence electrons. The Morgan fingerprint density at radius 1 is 1.11 bits per heavy atom. The van der Waals surface area contributed by atoms with E-state index in [9.17, 15) is 4.79 Å². The molecule has 3 rings (SSSR count). The molecule has 1 heterocycles. The van der Waals surface area contributed by atoms with E-state index in [-0.39, 0.29) is 11.5 Å². The third-order valence-electron chi connectivity index (χ3n) is 2.87. The van der Waals surface area contributed by atoms with E-state index in [4.69, 9.17) is 5.73 Å². The predicted octanol–water partition coefficient (Wildman–Crippen LogP) is 2.57. The van der Waals surface area contributed by atoms with Crippen LogP contribution in [0.25, 0.3) is 16.6 Å². The maximum Gasteiger partial charge on any atom is 0.267 e. The van der Waals surface area contributed by atoms with Crippen molar-refractivity contribution in [2.45, 2.75) is 0 Å². The number of aromatic nitrogens is 2. The van der Waals surface area contributed by atoms with Gasteiger partial charge in [-0.2, -0.15) is 0 Å². The van der Waals surface area contributed by atoms with Gasteiger partial charge in [-0.15, -0.1) is 0 Å². The molecule has 2 aromatic carbocycles. The lowest BCUT2D eigenvalue weighted by Gasteiger charge is -2.10. The lowest BCUT2D eigenvalue weighted by Crippen LogP contribution is -2.23. The molecule has 0 unspecified atom stereocenters. The van der Waals surface area contributed by atoms with Gasteiger partial charge in [-0.1, -0.05) is 18.2 Å². The largest absolute Gasteiger partial charge is 0.369 e. The second kappa shape index (κ2) is 4.65. The van der Waals surface area contributed by atoms with Crippen LogP contribution in [0.3, 0.4) is 0 Å². The predicted molar refractivity (Wildman–Crippen MR) is 84.5 cm³/mol. The molecular formula is C14H10IN3O. The quantitative estimate of drug-likeness (QED) is 0.676. The van der Waals surface area contributed by atoms with E-state index in [1.165, 1.54) is 4.57 Å². The highest BCUT2D eigenvalue weighted by Crippen LogP contribution is 2.16. The van der Waals surface area contributed by atoms with Gasteiger partial charge in [-0.25, -0.2) is 9.55 Å². The molecule has 0 bridgehead atoms. The Morgan fingerprint density at radius 3 is 2.58 bits per heavy atom. The maximum absolute atomic E-state index is 12.5. The number of rotatable bonds is 1. The zero-order valence-corrected chi connectivity index (χ0v) is 12.0. The summed E-state index contributed by atoms with van der Waals surface area (Å²) in [6.07, 6.45) is 0. The molecule has 4 nitrogen and oxygen atoms in total. The number of hydrogen-bond donors (Lipinski definition) is 1. The average molecular weight is 363 g/mol. The second-order valence-electron chi connectivity index (χ2n) is 4.11. The number of fused-ring (bicyclic) bond motifs is 1. The van der Waals surface area contributed by atoms with Crippen molar-refractivity contribution in [3.05, 3.63) is 62.5 Å². The minimum Gasteiger partial charge on any atom is -0.369 e. The van der Waals surface area contributed by atoms with Crippen LogP contribution in [-0.2, 0) is 0 Å². The number of halogens is 1. The number of para-hydroxylation sites is 1. The third-order valence-corrected chi connectivity index (χ3v) is 3.54. The molecule has 0 fully saturated rings. The van der Waals surface area contributed by atoms with Gasteiger partial charge in [-0.05, 0) is 52.9 Å². The Bertz CT molecular complexity index is 812. The maximum atomic E-state index is 12.5. The molecule has 3 aromatic rings. The number of anilines is 1. The van der Waals surface area contributed by atoms with Crippen molar-refractivity contribution in [1.82, 2.24) is 9.55 Å². The summed E-state index contributed by atoms with van der Waals surface area (Å²) in [5.74, 6) is 0.199. The van der Waals surface area contributed by atoms with E-state index in [1.54, 1.807) is 0 Å². The van der Waals surface area contributed by atoms with Crippen LogP contribution in [0.1, 0.15) is 0 Å². The molecule has 0 aliphatic rings. The molecule has 0 saturated heterocycles. The molecule has 0 atom stereocenters. The Morgan fingerprint density at radius 2 is 1.84 bits per heavy atom. The minimum atomic E-state index is -0.146. The van der Waals surface area contributed by atoms with Crippen molar-refractivity contribution >= 4 is 39.4 Å². The first-order valence-corrected chi connectivity index (χ1v) is 6.78. The lowest BCUT2D eigenvalue weighted by atomic mass is 10.2.